The fourth-order valence-corrected chi connectivity index (χ4v) is 5.21. The number of para-hydroxylation sites is 1. The van der Waals surface area contributed by atoms with Crippen LogP contribution < -0.4 is 4.90 Å². The third kappa shape index (κ3) is 4.88. The second kappa shape index (κ2) is 9.84. The lowest BCUT2D eigenvalue weighted by Crippen LogP contribution is -2.51. The molecule has 0 aliphatic carbocycles. The number of nitrogens with zero attached hydrogens (tertiary/aromatic N) is 4. The first-order valence-corrected chi connectivity index (χ1v) is 12.4. The third-order valence-electron chi connectivity index (χ3n) is 6.26. The average Bonchev–Trinajstić information content (AvgIpc) is 3.44. The van der Waals surface area contributed by atoms with Gasteiger partial charge < -0.3 is 14.4 Å². The van der Waals surface area contributed by atoms with Crippen molar-refractivity contribution in [2.24, 2.45) is 0 Å². The number of thioether (sulfide) groups is 1. The van der Waals surface area contributed by atoms with Crippen molar-refractivity contribution < 1.29 is 14.4 Å². The van der Waals surface area contributed by atoms with Crippen LogP contribution in [0.4, 0.5) is 10.5 Å². The van der Waals surface area contributed by atoms with Crippen molar-refractivity contribution in [2.75, 3.05) is 37.6 Å². The minimum Gasteiger partial charge on any atom is -0.368 e. The fourth-order valence-electron chi connectivity index (χ4n) is 4.38. The smallest absolute Gasteiger partial charge is 0.294 e. The molecule has 1 aromatic heterocycles. The summed E-state index contributed by atoms with van der Waals surface area (Å²) in [5.74, 6) is -0.627. The molecule has 2 aliphatic heterocycles. The van der Waals surface area contributed by atoms with E-state index in [0.717, 1.165) is 39.3 Å². The van der Waals surface area contributed by atoms with Crippen LogP contribution in [-0.4, -0.2) is 64.1 Å². The average molecular weight is 487 g/mol. The predicted molar refractivity (Wildman–Crippen MR) is 138 cm³/mol. The lowest BCUT2D eigenvalue weighted by molar-refractivity contribution is -0.136. The Bertz CT molecular complexity index is 1290. The van der Waals surface area contributed by atoms with E-state index in [1.54, 1.807) is 11.0 Å². The van der Waals surface area contributed by atoms with Crippen LogP contribution in [0.1, 0.15) is 11.3 Å². The molecule has 2 aliphatic rings. The highest BCUT2D eigenvalue weighted by Gasteiger charge is 2.37. The SMILES string of the molecule is Cc1cccc(-n2cccc2/C=C2\SC(=O)N(CC(=O)N3CCN(c4ccccc4)CC3)C2=O)c1. The van der Waals surface area contributed by atoms with E-state index in [0.29, 0.717) is 31.1 Å². The number of carbonyl (C=O) groups is 3. The summed E-state index contributed by atoms with van der Waals surface area (Å²) < 4.78 is 1.97. The molecule has 2 aromatic carbocycles. The second-order valence-corrected chi connectivity index (χ2v) is 9.61. The van der Waals surface area contributed by atoms with Crippen LogP contribution in [0.25, 0.3) is 11.8 Å². The van der Waals surface area contributed by atoms with Gasteiger partial charge in [0.05, 0.1) is 4.91 Å². The Balaban J connectivity index is 1.24. The maximum atomic E-state index is 13.0. The fraction of sp³-hybridized carbons (Fsp3) is 0.222. The Hall–Kier alpha value is -3.78. The zero-order valence-corrected chi connectivity index (χ0v) is 20.3. The number of carbonyl (C=O) groups excluding carboxylic acids is 3. The van der Waals surface area contributed by atoms with Crippen LogP contribution >= 0.6 is 11.8 Å². The molecule has 2 saturated heterocycles. The van der Waals surface area contributed by atoms with Crippen molar-refractivity contribution in [2.45, 2.75) is 6.92 Å². The highest BCUT2D eigenvalue weighted by molar-refractivity contribution is 8.18. The molecule has 0 unspecified atom stereocenters. The molecule has 0 bridgehead atoms. The van der Waals surface area contributed by atoms with E-state index in [2.05, 4.69) is 23.1 Å². The first kappa shape index (κ1) is 23.0. The molecule has 178 valence electrons. The van der Waals surface area contributed by atoms with Crippen LogP contribution in [0.5, 0.6) is 0 Å². The van der Waals surface area contributed by atoms with Crippen LogP contribution in [-0.2, 0) is 9.59 Å². The number of anilines is 1. The number of rotatable bonds is 5. The van der Waals surface area contributed by atoms with Crippen LogP contribution in [0.3, 0.4) is 0 Å². The largest absolute Gasteiger partial charge is 0.368 e. The van der Waals surface area contributed by atoms with Gasteiger partial charge in [-0.15, -0.1) is 0 Å². The lowest BCUT2D eigenvalue weighted by Gasteiger charge is -2.36. The van der Waals surface area contributed by atoms with Crippen LogP contribution in [0.2, 0.25) is 0 Å². The molecule has 3 heterocycles. The molecule has 8 heteroatoms. The van der Waals surface area contributed by atoms with Gasteiger partial charge in [0.15, 0.2) is 0 Å². The number of aromatic nitrogens is 1. The van der Waals surface area contributed by atoms with E-state index in [4.69, 9.17) is 0 Å². The van der Waals surface area contributed by atoms with Crippen molar-refractivity contribution in [3.8, 4) is 5.69 Å². The molecule has 35 heavy (non-hydrogen) atoms. The van der Waals surface area contributed by atoms with Crippen LogP contribution in [0, 0.1) is 6.92 Å². The standard InChI is InChI=1S/C27H26N4O3S/c1-20-7-5-10-22(17-20)30-12-6-11-23(30)18-24-26(33)31(27(34)35-24)19-25(32)29-15-13-28(14-16-29)21-8-3-2-4-9-21/h2-12,17-18H,13-16,19H2,1H3/b24-18-. The van der Waals surface area contributed by atoms with Gasteiger partial charge in [0.2, 0.25) is 5.91 Å². The molecule has 3 aromatic rings. The van der Waals surface area contributed by atoms with Crippen molar-refractivity contribution >= 4 is 40.6 Å². The van der Waals surface area contributed by atoms with Gasteiger partial charge in [-0.3, -0.25) is 19.3 Å². The van der Waals surface area contributed by atoms with Crippen molar-refractivity contribution in [3.05, 3.63) is 89.1 Å². The van der Waals surface area contributed by atoms with E-state index in [1.165, 1.54) is 0 Å². The van der Waals surface area contributed by atoms with E-state index in [1.807, 2.05) is 66.2 Å². The van der Waals surface area contributed by atoms with Gasteiger partial charge in [0, 0.05) is 49.4 Å². The molecule has 5 rings (SSSR count). The maximum absolute atomic E-state index is 13.0. The number of aryl methyl sites for hydroxylation is 1. The van der Waals surface area contributed by atoms with Gasteiger partial charge in [0.1, 0.15) is 6.54 Å². The van der Waals surface area contributed by atoms with Gasteiger partial charge in [-0.2, -0.15) is 0 Å². The highest BCUT2D eigenvalue weighted by Crippen LogP contribution is 2.32. The zero-order chi connectivity index (χ0) is 24.4. The maximum Gasteiger partial charge on any atom is 0.294 e. The zero-order valence-electron chi connectivity index (χ0n) is 19.5. The van der Waals surface area contributed by atoms with E-state index in [-0.39, 0.29) is 12.5 Å². The molecule has 3 amide bonds. The predicted octanol–water partition coefficient (Wildman–Crippen LogP) is 4.17. The van der Waals surface area contributed by atoms with Crippen LogP contribution in [0.15, 0.2) is 77.8 Å². The number of hydrogen-bond acceptors (Lipinski definition) is 5. The summed E-state index contributed by atoms with van der Waals surface area (Å²) in [6.07, 6.45) is 3.64. The summed E-state index contributed by atoms with van der Waals surface area (Å²) in [5, 5.41) is -0.411. The number of amides is 3. The Morgan fingerprint density at radius 2 is 1.66 bits per heavy atom. The third-order valence-corrected chi connectivity index (χ3v) is 7.17. The number of imide groups is 1. The van der Waals surface area contributed by atoms with Gasteiger partial charge >= 0.3 is 0 Å². The molecular weight excluding hydrogens is 460 g/mol. The second-order valence-electron chi connectivity index (χ2n) is 8.61. The molecule has 0 spiro atoms. The summed E-state index contributed by atoms with van der Waals surface area (Å²) in [6, 6.07) is 21.9. The number of piperazine rings is 1. The summed E-state index contributed by atoms with van der Waals surface area (Å²) in [7, 11) is 0. The Morgan fingerprint density at radius 3 is 2.40 bits per heavy atom. The minimum atomic E-state index is -0.423. The number of benzene rings is 2. The highest BCUT2D eigenvalue weighted by atomic mass is 32.2. The summed E-state index contributed by atoms with van der Waals surface area (Å²) in [5.41, 5.74) is 4.03. The van der Waals surface area contributed by atoms with E-state index >= 15 is 0 Å². The van der Waals surface area contributed by atoms with Gasteiger partial charge in [-0.05, 0) is 66.7 Å². The minimum absolute atomic E-state index is 0.204. The van der Waals surface area contributed by atoms with E-state index < -0.39 is 11.1 Å². The quantitative estimate of drug-likeness (QED) is 0.507. The first-order chi connectivity index (χ1) is 17.0. The Labute approximate surface area is 208 Å². The van der Waals surface area contributed by atoms with Gasteiger partial charge in [-0.1, -0.05) is 30.3 Å². The summed E-state index contributed by atoms with van der Waals surface area (Å²) in [4.78, 5) is 43.9. The monoisotopic (exact) mass is 486 g/mol. The topological polar surface area (TPSA) is 65.9 Å². The Morgan fingerprint density at radius 1 is 0.914 bits per heavy atom. The van der Waals surface area contributed by atoms with Crippen molar-refractivity contribution in [1.82, 2.24) is 14.4 Å². The molecule has 0 radical (unpaired) electrons. The molecule has 7 nitrogen and oxygen atoms in total. The molecule has 0 atom stereocenters. The lowest BCUT2D eigenvalue weighted by atomic mass is 10.2. The Kier molecular flexibility index (Phi) is 6.46. The van der Waals surface area contributed by atoms with Gasteiger partial charge in [-0.25, -0.2) is 0 Å². The molecule has 0 saturated carbocycles. The normalized spacial score (nSPS) is 17.5. The summed E-state index contributed by atoms with van der Waals surface area (Å²) in [6.45, 7) is 4.34. The van der Waals surface area contributed by atoms with Crippen molar-refractivity contribution in [1.29, 1.82) is 0 Å². The first-order valence-electron chi connectivity index (χ1n) is 11.6. The molecule has 0 N–H and O–H groups in total. The summed E-state index contributed by atoms with van der Waals surface area (Å²) >= 11 is 0.880. The number of hydrogen-bond donors (Lipinski definition) is 0. The van der Waals surface area contributed by atoms with E-state index in [9.17, 15) is 14.4 Å². The van der Waals surface area contributed by atoms with Gasteiger partial charge in [0.25, 0.3) is 11.1 Å². The molecular formula is C27H26N4O3S. The van der Waals surface area contributed by atoms with Crippen molar-refractivity contribution in [3.63, 3.8) is 0 Å². The molecule has 2 fully saturated rings.